The first-order valence-corrected chi connectivity index (χ1v) is 6.92. The SMILES string of the molecule is CCCC1(C(=O)O)CCN(c2ccnc(C(=O)OC)n2)C1. The van der Waals surface area contributed by atoms with Crippen LogP contribution in [0.5, 0.6) is 0 Å². The monoisotopic (exact) mass is 293 g/mol. The lowest BCUT2D eigenvalue weighted by molar-refractivity contribution is -0.148. The molecule has 1 atom stereocenters. The minimum atomic E-state index is -0.769. The highest BCUT2D eigenvalue weighted by molar-refractivity contribution is 5.85. The second kappa shape index (κ2) is 6.07. The Bertz CT molecular complexity index is 549. The normalized spacial score (nSPS) is 21.3. The molecule has 1 aromatic heterocycles. The van der Waals surface area contributed by atoms with Gasteiger partial charge >= 0.3 is 11.9 Å². The van der Waals surface area contributed by atoms with E-state index in [9.17, 15) is 14.7 Å². The van der Waals surface area contributed by atoms with Gasteiger partial charge in [0.25, 0.3) is 0 Å². The zero-order valence-electron chi connectivity index (χ0n) is 12.2. The lowest BCUT2D eigenvalue weighted by atomic mass is 9.83. The van der Waals surface area contributed by atoms with Gasteiger partial charge in [-0.3, -0.25) is 4.79 Å². The molecule has 2 rings (SSSR count). The first-order chi connectivity index (χ1) is 10.0. The highest BCUT2D eigenvalue weighted by atomic mass is 16.5. The van der Waals surface area contributed by atoms with Crippen LogP contribution < -0.4 is 4.90 Å². The van der Waals surface area contributed by atoms with Gasteiger partial charge < -0.3 is 14.7 Å². The summed E-state index contributed by atoms with van der Waals surface area (Å²) in [5, 5.41) is 9.51. The van der Waals surface area contributed by atoms with E-state index in [1.165, 1.54) is 13.3 Å². The summed E-state index contributed by atoms with van der Waals surface area (Å²) < 4.78 is 4.60. The van der Waals surface area contributed by atoms with Crippen molar-refractivity contribution < 1.29 is 19.4 Å². The molecular formula is C14H19N3O4. The number of aliphatic carboxylic acids is 1. The Morgan fingerprint density at radius 3 is 2.90 bits per heavy atom. The maximum atomic E-state index is 11.6. The van der Waals surface area contributed by atoms with Crippen LogP contribution in [0.1, 0.15) is 36.8 Å². The number of methoxy groups -OCH3 is 1. The summed E-state index contributed by atoms with van der Waals surface area (Å²) in [6, 6.07) is 1.68. The van der Waals surface area contributed by atoms with E-state index in [2.05, 4.69) is 14.7 Å². The Balaban J connectivity index is 2.21. The predicted octanol–water partition coefficient (Wildman–Crippen LogP) is 1.34. The molecule has 0 aromatic carbocycles. The van der Waals surface area contributed by atoms with Crippen molar-refractivity contribution in [2.45, 2.75) is 26.2 Å². The second-order valence-corrected chi connectivity index (χ2v) is 5.24. The lowest BCUT2D eigenvalue weighted by Gasteiger charge is -2.24. The van der Waals surface area contributed by atoms with E-state index in [4.69, 9.17) is 0 Å². The van der Waals surface area contributed by atoms with Crippen molar-refractivity contribution in [3.8, 4) is 0 Å². The van der Waals surface area contributed by atoms with Gasteiger partial charge in [-0.05, 0) is 18.9 Å². The van der Waals surface area contributed by atoms with Gasteiger partial charge in [0.15, 0.2) is 0 Å². The summed E-state index contributed by atoms with van der Waals surface area (Å²) in [4.78, 5) is 32.9. The number of hydrogen-bond donors (Lipinski definition) is 1. The number of rotatable bonds is 5. The first-order valence-electron chi connectivity index (χ1n) is 6.92. The quantitative estimate of drug-likeness (QED) is 0.819. The number of hydrogen-bond acceptors (Lipinski definition) is 6. The molecule has 0 radical (unpaired) electrons. The maximum Gasteiger partial charge on any atom is 0.376 e. The predicted molar refractivity (Wildman–Crippen MR) is 75.2 cm³/mol. The first kappa shape index (κ1) is 15.2. The fourth-order valence-corrected chi connectivity index (χ4v) is 2.75. The minimum Gasteiger partial charge on any atom is -0.481 e. The van der Waals surface area contributed by atoms with Crippen molar-refractivity contribution in [2.75, 3.05) is 25.1 Å². The van der Waals surface area contributed by atoms with E-state index < -0.39 is 17.4 Å². The van der Waals surface area contributed by atoms with Gasteiger partial charge in [-0.2, -0.15) is 0 Å². The van der Waals surface area contributed by atoms with Crippen LogP contribution in [-0.2, 0) is 9.53 Å². The van der Waals surface area contributed by atoms with E-state index in [-0.39, 0.29) is 5.82 Å². The standard InChI is InChI=1S/C14H19N3O4/c1-3-5-14(13(19)20)6-8-17(9-14)10-4-7-15-11(16-10)12(18)21-2/h4,7H,3,5-6,8-9H2,1-2H3,(H,19,20). The van der Waals surface area contributed by atoms with Crippen molar-refractivity contribution in [3.63, 3.8) is 0 Å². The summed E-state index contributed by atoms with van der Waals surface area (Å²) >= 11 is 0. The molecule has 1 aliphatic rings. The van der Waals surface area contributed by atoms with Crippen LogP contribution in [0.4, 0.5) is 5.82 Å². The molecule has 0 saturated carbocycles. The Hall–Kier alpha value is -2.18. The average Bonchev–Trinajstić information content (AvgIpc) is 2.93. The van der Waals surface area contributed by atoms with Crippen molar-refractivity contribution in [1.82, 2.24) is 9.97 Å². The fourth-order valence-electron chi connectivity index (χ4n) is 2.75. The molecule has 0 bridgehead atoms. The average molecular weight is 293 g/mol. The van der Waals surface area contributed by atoms with Crippen LogP contribution >= 0.6 is 0 Å². The van der Waals surface area contributed by atoms with Crippen LogP contribution in [0.3, 0.4) is 0 Å². The minimum absolute atomic E-state index is 0.0154. The number of nitrogens with zero attached hydrogens (tertiary/aromatic N) is 3. The molecule has 114 valence electrons. The van der Waals surface area contributed by atoms with Crippen LogP contribution in [-0.4, -0.2) is 47.2 Å². The Morgan fingerprint density at radius 1 is 1.52 bits per heavy atom. The molecule has 21 heavy (non-hydrogen) atoms. The summed E-state index contributed by atoms with van der Waals surface area (Å²) in [5.41, 5.74) is -0.731. The Morgan fingerprint density at radius 2 is 2.29 bits per heavy atom. The number of carbonyl (C=O) groups is 2. The van der Waals surface area contributed by atoms with Crippen LogP contribution in [0.15, 0.2) is 12.3 Å². The van der Waals surface area contributed by atoms with Gasteiger partial charge in [0.1, 0.15) is 5.82 Å². The number of aromatic nitrogens is 2. The number of carbonyl (C=O) groups excluding carboxylic acids is 1. The highest BCUT2D eigenvalue weighted by Gasteiger charge is 2.44. The number of esters is 1. The molecule has 7 heteroatoms. The van der Waals surface area contributed by atoms with E-state index in [1.54, 1.807) is 6.07 Å². The van der Waals surface area contributed by atoms with Gasteiger partial charge in [-0.25, -0.2) is 14.8 Å². The smallest absolute Gasteiger partial charge is 0.376 e. The summed E-state index contributed by atoms with van der Waals surface area (Å²) in [5.74, 6) is -0.828. The van der Waals surface area contributed by atoms with Gasteiger partial charge in [-0.15, -0.1) is 0 Å². The third kappa shape index (κ3) is 2.96. The van der Waals surface area contributed by atoms with Crippen LogP contribution in [0.2, 0.25) is 0 Å². The number of carboxylic acids is 1. The molecule has 1 aromatic rings. The zero-order chi connectivity index (χ0) is 15.5. The molecule has 0 spiro atoms. The lowest BCUT2D eigenvalue weighted by Crippen LogP contribution is -2.35. The molecule has 1 saturated heterocycles. The summed E-state index contributed by atoms with van der Waals surface area (Å²) in [6.45, 7) is 2.98. The van der Waals surface area contributed by atoms with Crippen molar-refractivity contribution in [2.24, 2.45) is 5.41 Å². The van der Waals surface area contributed by atoms with E-state index >= 15 is 0 Å². The van der Waals surface area contributed by atoms with E-state index in [0.717, 1.165) is 6.42 Å². The van der Waals surface area contributed by atoms with Crippen molar-refractivity contribution >= 4 is 17.8 Å². The van der Waals surface area contributed by atoms with Gasteiger partial charge in [0.2, 0.25) is 5.82 Å². The van der Waals surface area contributed by atoms with Gasteiger partial charge in [0.05, 0.1) is 12.5 Å². The second-order valence-electron chi connectivity index (χ2n) is 5.24. The third-order valence-electron chi connectivity index (χ3n) is 3.87. The molecule has 1 N–H and O–H groups in total. The molecule has 1 fully saturated rings. The molecule has 0 amide bonds. The molecule has 1 unspecified atom stereocenters. The van der Waals surface area contributed by atoms with E-state index in [1.807, 2.05) is 11.8 Å². The zero-order valence-corrected chi connectivity index (χ0v) is 12.2. The molecule has 1 aliphatic heterocycles. The van der Waals surface area contributed by atoms with Gasteiger partial charge in [0, 0.05) is 19.3 Å². The van der Waals surface area contributed by atoms with Crippen LogP contribution in [0.25, 0.3) is 0 Å². The Labute approximate surface area is 123 Å². The fraction of sp³-hybridized carbons (Fsp3) is 0.571. The molecule has 2 heterocycles. The number of ether oxygens (including phenoxy) is 1. The van der Waals surface area contributed by atoms with Crippen molar-refractivity contribution in [1.29, 1.82) is 0 Å². The molecular weight excluding hydrogens is 274 g/mol. The Kier molecular flexibility index (Phi) is 4.40. The third-order valence-corrected chi connectivity index (χ3v) is 3.87. The molecule has 0 aliphatic carbocycles. The topological polar surface area (TPSA) is 92.6 Å². The van der Waals surface area contributed by atoms with E-state index in [0.29, 0.717) is 31.7 Å². The highest BCUT2D eigenvalue weighted by Crippen LogP contribution is 2.37. The van der Waals surface area contributed by atoms with Crippen LogP contribution in [0, 0.1) is 5.41 Å². The largest absolute Gasteiger partial charge is 0.481 e. The maximum absolute atomic E-state index is 11.6. The van der Waals surface area contributed by atoms with Crippen molar-refractivity contribution in [3.05, 3.63) is 18.1 Å². The summed E-state index contributed by atoms with van der Waals surface area (Å²) in [7, 11) is 1.27. The van der Waals surface area contributed by atoms with Gasteiger partial charge in [-0.1, -0.05) is 13.3 Å². The summed E-state index contributed by atoms with van der Waals surface area (Å²) in [6.07, 6.45) is 3.51. The number of carboxylic acid groups (broad SMARTS) is 1. The number of anilines is 1. The molecule has 7 nitrogen and oxygen atoms in total.